The minimum Gasteiger partial charge on any atom is -0.0874 e. The fourth-order valence-corrected chi connectivity index (χ4v) is 1.80. The van der Waals surface area contributed by atoms with Crippen LogP contribution in [0.25, 0.3) is 0 Å². The summed E-state index contributed by atoms with van der Waals surface area (Å²) in [6.07, 6.45) is 0. The van der Waals surface area contributed by atoms with Gasteiger partial charge in [0, 0.05) is 9.79 Å². The first-order chi connectivity index (χ1) is 4.29. The minimum atomic E-state index is 1.42. The molecule has 0 fully saturated rings. The predicted molar refractivity (Wildman–Crippen MR) is 40.0 cm³/mol. The fourth-order valence-electron chi connectivity index (χ4n) is 0.960. The summed E-state index contributed by atoms with van der Waals surface area (Å²) in [6.45, 7) is 4.35. The van der Waals surface area contributed by atoms with Crippen LogP contribution < -0.4 is 0 Å². The zero-order valence-corrected chi connectivity index (χ0v) is 6.38. The summed E-state index contributed by atoms with van der Waals surface area (Å²) < 4.78 is 0. The van der Waals surface area contributed by atoms with Gasteiger partial charge in [-0.15, -0.1) is 0 Å². The van der Waals surface area contributed by atoms with Crippen LogP contribution in [-0.2, 0) is 0 Å². The molecule has 0 bridgehead atoms. The lowest BCUT2D eigenvalue weighted by Crippen LogP contribution is -1.74. The molecule has 1 aromatic carbocycles. The van der Waals surface area contributed by atoms with Gasteiger partial charge in [-0.3, -0.25) is 0 Å². The first-order valence-corrected chi connectivity index (χ1v) is 3.89. The van der Waals surface area contributed by atoms with Crippen molar-refractivity contribution >= 4 is 11.8 Å². The molecule has 0 amide bonds. The summed E-state index contributed by atoms with van der Waals surface area (Å²) >= 11 is 1.90. The van der Waals surface area contributed by atoms with Gasteiger partial charge in [0.05, 0.1) is 0 Å². The molecule has 0 spiro atoms. The van der Waals surface area contributed by atoms with Crippen molar-refractivity contribution in [3.63, 3.8) is 0 Å². The molecule has 1 aliphatic heterocycles. The second-order valence-corrected chi connectivity index (χ2v) is 3.49. The van der Waals surface area contributed by atoms with Crippen LogP contribution >= 0.6 is 11.8 Å². The van der Waals surface area contributed by atoms with E-state index in [0.717, 1.165) is 0 Å². The third-order valence-electron chi connectivity index (χ3n) is 1.81. The van der Waals surface area contributed by atoms with Crippen molar-refractivity contribution in [3.8, 4) is 0 Å². The zero-order valence-electron chi connectivity index (χ0n) is 5.56. The smallest absolute Gasteiger partial charge is 0.0294 e. The fraction of sp³-hybridized carbons (Fsp3) is 0.250. The highest BCUT2D eigenvalue weighted by Gasteiger charge is 2.20. The third kappa shape index (κ3) is 0.681. The SMILES string of the molecule is Cc1ccc2c(c1C)S2. The average Bonchev–Trinajstić information content (AvgIpc) is 2.58. The van der Waals surface area contributed by atoms with E-state index in [1.807, 2.05) is 11.8 Å². The van der Waals surface area contributed by atoms with E-state index < -0.39 is 0 Å². The predicted octanol–water partition coefficient (Wildman–Crippen LogP) is 2.77. The molecule has 1 heterocycles. The summed E-state index contributed by atoms with van der Waals surface area (Å²) in [5.74, 6) is 0. The number of aryl methyl sites for hydroxylation is 1. The molecule has 0 unspecified atom stereocenters. The molecule has 9 heavy (non-hydrogen) atoms. The van der Waals surface area contributed by atoms with Crippen LogP contribution in [0.5, 0.6) is 0 Å². The maximum atomic E-state index is 2.20. The lowest BCUT2D eigenvalue weighted by molar-refractivity contribution is 1.20. The van der Waals surface area contributed by atoms with E-state index in [1.165, 1.54) is 20.9 Å². The normalized spacial score (nSPS) is 13.1. The Bertz CT molecular complexity index is 260. The van der Waals surface area contributed by atoms with Gasteiger partial charge in [-0.05, 0) is 31.0 Å². The van der Waals surface area contributed by atoms with Gasteiger partial charge in [0.1, 0.15) is 0 Å². The van der Waals surface area contributed by atoms with Crippen molar-refractivity contribution in [1.29, 1.82) is 0 Å². The maximum absolute atomic E-state index is 2.20. The average molecular weight is 136 g/mol. The van der Waals surface area contributed by atoms with Crippen LogP contribution in [0.15, 0.2) is 21.9 Å². The van der Waals surface area contributed by atoms with Gasteiger partial charge in [-0.2, -0.15) is 0 Å². The van der Waals surface area contributed by atoms with E-state index in [0.29, 0.717) is 0 Å². The van der Waals surface area contributed by atoms with E-state index in [2.05, 4.69) is 26.0 Å². The van der Waals surface area contributed by atoms with Crippen LogP contribution in [-0.4, -0.2) is 0 Å². The molecule has 0 radical (unpaired) electrons. The second kappa shape index (κ2) is 1.54. The van der Waals surface area contributed by atoms with E-state index in [9.17, 15) is 0 Å². The number of benzene rings is 1. The lowest BCUT2D eigenvalue weighted by Gasteiger charge is -1.92. The number of hydrogen-bond acceptors (Lipinski definition) is 1. The largest absolute Gasteiger partial charge is 0.0874 e. The molecule has 0 saturated carbocycles. The molecule has 0 aliphatic carbocycles. The van der Waals surface area contributed by atoms with Crippen LogP contribution in [0.3, 0.4) is 0 Å². The number of hydrogen-bond donors (Lipinski definition) is 0. The summed E-state index contributed by atoms with van der Waals surface area (Å²) in [7, 11) is 0. The van der Waals surface area contributed by atoms with Gasteiger partial charge in [-0.1, -0.05) is 17.8 Å². The molecule has 0 nitrogen and oxygen atoms in total. The van der Waals surface area contributed by atoms with Crippen LogP contribution in [0.1, 0.15) is 11.1 Å². The van der Waals surface area contributed by atoms with Crippen molar-refractivity contribution in [2.75, 3.05) is 0 Å². The summed E-state index contributed by atoms with van der Waals surface area (Å²) in [5.41, 5.74) is 2.89. The monoisotopic (exact) mass is 136 g/mol. The van der Waals surface area contributed by atoms with Gasteiger partial charge >= 0.3 is 0 Å². The van der Waals surface area contributed by atoms with E-state index in [-0.39, 0.29) is 0 Å². The molecule has 0 aromatic heterocycles. The van der Waals surface area contributed by atoms with Crippen molar-refractivity contribution in [2.24, 2.45) is 0 Å². The molecule has 1 heteroatoms. The third-order valence-corrected chi connectivity index (χ3v) is 2.90. The highest BCUT2D eigenvalue weighted by atomic mass is 32.2. The van der Waals surface area contributed by atoms with Gasteiger partial charge in [0.15, 0.2) is 0 Å². The highest BCUT2D eigenvalue weighted by molar-refractivity contribution is 8.05. The van der Waals surface area contributed by atoms with Crippen molar-refractivity contribution < 1.29 is 0 Å². The van der Waals surface area contributed by atoms with E-state index >= 15 is 0 Å². The van der Waals surface area contributed by atoms with E-state index in [1.54, 1.807) is 0 Å². The van der Waals surface area contributed by atoms with Gasteiger partial charge < -0.3 is 0 Å². The van der Waals surface area contributed by atoms with Gasteiger partial charge in [-0.25, -0.2) is 0 Å². The van der Waals surface area contributed by atoms with Crippen LogP contribution in [0.2, 0.25) is 0 Å². The molecular formula is C8H8S. The molecule has 1 aromatic rings. The Kier molecular flexibility index (Phi) is 0.917. The Hall–Kier alpha value is -0.430. The maximum Gasteiger partial charge on any atom is 0.0294 e. The summed E-state index contributed by atoms with van der Waals surface area (Å²) in [4.78, 5) is 2.98. The molecule has 0 N–H and O–H groups in total. The first-order valence-electron chi connectivity index (χ1n) is 3.07. The molecule has 0 saturated heterocycles. The van der Waals surface area contributed by atoms with E-state index in [4.69, 9.17) is 0 Å². The molecular weight excluding hydrogens is 128 g/mol. The molecule has 46 valence electrons. The van der Waals surface area contributed by atoms with Crippen molar-refractivity contribution in [2.45, 2.75) is 23.6 Å². The van der Waals surface area contributed by atoms with Gasteiger partial charge in [0.2, 0.25) is 0 Å². The molecule has 2 rings (SSSR count). The highest BCUT2D eigenvalue weighted by Crippen LogP contribution is 2.50. The van der Waals surface area contributed by atoms with Crippen LogP contribution in [0, 0.1) is 13.8 Å². The topological polar surface area (TPSA) is 0 Å². The second-order valence-electron chi connectivity index (χ2n) is 2.44. The first kappa shape index (κ1) is 5.36. The van der Waals surface area contributed by atoms with Crippen LogP contribution in [0.4, 0.5) is 0 Å². The Balaban J connectivity index is 2.70. The van der Waals surface area contributed by atoms with Crippen molar-refractivity contribution in [3.05, 3.63) is 23.3 Å². The zero-order chi connectivity index (χ0) is 6.43. The Morgan fingerprint density at radius 2 is 2.00 bits per heavy atom. The van der Waals surface area contributed by atoms with Gasteiger partial charge in [0.25, 0.3) is 0 Å². The molecule has 1 aliphatic rings. The number of rotatable bonds is 0. The Labute approximate surface area is 59.3 Å². The van der Waals surface area contributed by atoms with Crippen molar-refractivity contribution in [1.82, 2.24) is 0 Å². The Morgan fingerprint density at radius 1 is 1.22 bits per heavy atom. The lowest BCUT2D eigenvalue weighted by atomic mass is 10.1. The quantitative estimate of drug-likeness (QED) is 0.502. The standard InChI is InChI=1S/C8H8S/c1-5-3-4-7-8(9-7)6(5)2/h3-4H,1-2H3. The molecule has 0 atom stereocenters. The number of fused-ring (bicyclic) bond motifs is 1. The summed E-state index contributed by atoms with van der Waals surface area (Å²) in [6, 6.07) is 4.39. The minimum absolute atomic E-state index is 1.42. The Morgan fingerprint density at radius 3 is 2.67 bits per heavy atom. The summed E-state index contributed by atoms with van der Waals surface area (Å²) in [5, 5.41) is 0.